The summed E-state index contributed by atoms with van der Waals surface area (Å²) in [5.74, 6) is -3.47. The van der Waals surface area contributed by atoms with E-state index >= 15 is 0 Å². The predicted molar refractivity (Wildman–Crippen MR) is 74.5 cm³/mol. The van der Waals surface area contributed by atoms with Gasteiger partial charge in [-0.3, -0.25) is 14.6 Å². The molecule has 0 aliphatic heterocycles. The number of pyridine rings is 1. The van der Waals surface area contributed by atoms with E-state index in [1.807, 2.05) is 0 Å². The van der Waals surface area contributed by atoms with Gasteiger partial charge >= 0.3 is 5.97 Å². The lowest BCUT2D eigenvalue weighted by atomic mass is 10.2. The van der Waals surface area contributed by atoms with Crippen LogP contribution in [0.5, 0.6) is 0 Å². The van der Waals surface area contributed by atoms with E-state index in [4.69, 9.17) is 5.11 Å². The van der Waals surface area contributed by atoms with Gasteiger partial charge in [0.15, 0.2) is 0 Å². The highest BCUT2D eigenvalue weighted by molar-refractivity contribution is 6.06. The van der Waals surface area contributed by atoms with E-state index in [-0.39, 0.29) is 24.2 Å². The topological polar surface area (TPSA) is 70.5 Å². The number of carbonyl (C=O) groups excluding carboxylic acids is 1. The number of amides is 1. The fraction of sp³-hybridized carbons (Fsp3) is 0.133. The summed E-state index contributed by atoms with van der Waals surface area (Å²) in [6.07, 6.45) is 2.39. The maximum Gasteiger partial charge on any atom is 0.305 e. The fourth-order valence-electron chi connectivity index (χ4n) is 1.88. The Hall–Kier alpha value is -2.83. The van der Waals surface area contributed by atoms with Gasteiger partial charge in [-0.1, -0.05) is 0 Å². The van der Waals surface area contributed by atoms with Gasteiger partial charge in [0.2, 0.25) is 0 Å². The standard InChI is InChI=1S/C15H12F2N2O3/c16-11-3-4-13(12(17)8-11)19(7-5-14(20)21)15(22)10-2-1-6-18-9-10/h1-4,6,8-9H,5,7H2,(H,20,21). The van der Waals surface area contributed by atoms with E-state index in [0.29, 0.717) is 6.07 Å². The minimum Gasteiger partial charge on any atom is -0.481 e. The average molecular weight is 306 g/mol. The Morgan fingerprint density at radius 2 is 2.00 bits per heavy atom. The molecular weight excluding hydrogens is 294 g/mol. The third-order valence-corrected chi connectivity index (χ3v) is 2.90. The van der Waals surface area contributed by atoms with Gasteiger partial charge in [0.25, 0.3) is 5.91 Å². The minimum atomic E-state index is -1.13. The van der Waals surface area contributed by atoms with Crippen LogP contribution in [0, 0.1) is 11.6 Å². The normalized spacial score (nSPS) is 10.3. The molecule has 1 aromatic heterocycles. The Morgan fingerprint density at radius 3 is 2.59 bits per heavy atom. The lowest BCUT2D eigenvalue weighted by Crippen LogP contribution is -2.33. The SMILES string of the molecule is O=C(O)CCN(C(=O)c1cccnc1)c1ccc(F)cc1F. The van der Waals surface area contributed by atoms with E-state index in [1.165, 1.54) is 24.5 Å². The lowest BCUT2D eigenvalue weighted by molar-refractivity contribution is -0.136. The molecule has 0 unspecified atom stereocenters. The van der Waals surface area contributed by atoms with Crippen molar-refractivity contribution in [3.63, 3.8) is 0 Å². The Balaban J connectivity index is 2.37. The first-order valence-electron chi connectivity index (χ1n) is 6.38. The lowest BCUT2D eigenvalue weighted by Gasteiger charge is -2.22. The number of rotatable bonds is 5. The predicted octanol–water partition coefficient (Wildman–Crippen LogP) is 2.48. The largest absolute Gasteiger partial charge is 0.481 e. The van der Waals surface area contributed by atoms with Gasteiger partial charge in [0.05, 0.1) is 17.7 Å². The van der Waals surface area contributed by atoms with Gasteiger partial charge in [-0.25, -0.2) is 8.78 Å². The Morgan fingerprint density at radius 1 is 1.23 bits per heavy atom. The maximum absolute atomic E-state index is 13.9. The van der Waals surface area contributed by atoms with Crippen LogP contribution in [0.1, 0.15) is 16.8 Å². The first-order chi connectivity index (χ1) is 10.5. The molecule has 0 aliphatic carbocycles. The highest BCUT2D eigenvalue weighted by Crippen LogP contribution is 2.22. The van der Waals surface area contributed by atoms with E-state index in [9.17, 15) is 18.4 Å². The number of nitrogens with zero attached hydrogens (tertiary/aromatic N) is 2. The molecule has 2 rings (SSSR count). The zero-order valence-electron chi connectivity index (χ0n) is 11.4. The van der Waals surface area contributed by atoms with Gasteiger partial charge < -0.3 is 10.0 Å². The molecule has 0 aliphatic rings. The molecule has 0 saturated heterocycles. The number of carbonyl (C=O) groups is 2. The summed E-state index contributed by atoms with van der Waals surface area (Å²) in [5.41, 5.74) is -0.00637. The molecule has 0 bridgehead atoms. The molecule has 0 spiro atoms. The summed E-state index contributed by atoms with van der Waals surface area (Å²) >= 11 is 0. The van der Waals surface area contributed by atoms with Gasteiger partial charge in [-0.2, -0.15) is 0 Å². The van der Waals surface area contributed by atoms with Crippen molar-refractivity contribution in [1.82, 2.24) is 4.98 Å². The Labute approximate surface area is 124 Å². The molecular formula is C15H12F2N2O3. The highest BCUT2D eigenvalue weighted by atomic mass is 19.1. The Bertz CT molecular complexity index is 692. The summed E-state index contributed by atoms with van der Waals surface area (Å²) in [6.45, 7) is -0.244. The molecule has 22 heavy (non-hydrogen) atoms. The number of benzene rings is 1. The number of hydrogen-bond donors (Lipinski definition) is 1. The van der Waals surface area contributed by atoms with Gasteiger partial charge in [-0.15, -0.1) is 0 Å². The minimum absolute atomic E-state index is 0.177. The average Bonchev–Trinajstić information content (AvgIpc) is 2.49. The quantitative estimate of drug-likeness (QED) is 0.921. The molecule has 2 aromatic rings. The van der Waals surface area contributed by atoms with Crippen molar-refractivity contribution in [2.45, 2.75) is 6.42 Å². The molecule has 0 atom stereocenters. The number of carboxylic acid groups (broad SMARTS) is 1. The van der Waals surface area contributed by atoms with Crippen LogP contribution in [0.25, 0.3) is 0 Å². The summed E-state index contributed by atoms with van der Waals surface area (Å²) in [5, 5.41) is 8.77. The van der Waals surface area contributed by atoms with Crippen LogP contribution in [0.3, 0.4) is 0 Å². The van der Waals surface area contributed by atoms with E-state index in [1.54, 1.807) is 0 Å². The molecule has 1 heterocycles. The monoisotopic (exact) mass is 306 g/mol. The number of anilines is 1. The molecule has 0 saturated carbocycles. The first-order valence-corrected chi connectivity index (χ1v) is 6.38. The van der Waals surface area contributed by atoms with Crippen molar-refractivity contribution in [1.29, 1.82) is 0 Å². The molecule has 7 heteroatoms. The van der Waals surface area contributed by atoms with Crippen molar-refractivity contribution < 1.29 is 23.5 Å². The van der Waals surface area contributed by atoms with Crippen molar-refractivity contribution in [3.05, 3.63) is 59.9 Å². The second kappa shape index (κ2) is 6.75. The van der Waals surface area contributed by atoms with Crippen molar-refractivity contribution >= 4 is 17.6 Å². The second-order valence-electron chi connectivity index (χ2n) is 4.44. The number of aliphatic carboxylic acids is 1. The molecule has 1 amide bonds. The summed E-state index contributed by atoms with van der Waals surface area (Å²) in [4.78, 5) is 27.9. The van der Waals surface area contributed by atoms with Crippen LogP contribution in [0.4, 0.5) is 14.5 Å². The van der Waals surface area contributed by atoms with Gasteiger partial charge in [-0.05, 0) is 24.3 Å². The first kappa shape index (κ1) is 15.6. The number of carboxylic acids is 1. The third kappa shape index (κ3) is 3.63. The zero-order valence-corrected chi connectivity index (χ0v) is 11.4. The number of halogens is 2. The van der Waals surface area contributed by atoms with Crippen molar-refractivity contribution in [2.75, 3.05) is 11.4 Å². The third-order valence-electron chi connectivity index (χ3n) is 2.90. The fourth-order valence-corrected chi connectivity index (χ4v) is 1.88. The zero-order chi connectivity index (χ0) is 16.1. The number of aromatic nitrogens is 1. The molecule has 114 valence electrons. The van der Waals surface area contributed by atoms with Crippen LogP contribution >= 0.6 is 0 Å². The van der Waals surface area contributed by atoms with E-state index in [0.717, 1.165) is 17.0 Å². The molecule has 5 nitrogen and oxygen atoms in total. The van der Waals surface area contributed by atoms with Crippen LogP contribution in [-0.2, 0) is 4.79 Å². The van der Waals surface area contributed by atoms with Gasteiger partial charge in [0, 0.05) is 25.0 Å². The summed E-state index contributed by atoms with van der Waals surface area (Å²) in [7, 11) is 0. The summed E-state index contributed by atoms with van der Waals surface area (Å²) < 4.78 is 26.9. The van der Waals surface area contributed by atoms with Crippen LogP contribution < -0.4 is 4.90 Å². The smallest absolute Gasteiger partial charge is 0.305 e. The van der Waals surface area contributed by atoms with Crippen LogP contribution in [0.15, 0.2) is 42.7 Å². The van der Waals surface area contributed by atoms with Crippen molar-refractivity contribution in [3.8, 4) is 0 Å². The van der Waals surface area contributed by atoms with Crippen LogP contribution in [-0.4, -0.2) is 28.5 Å². The van der Waals surface area contributed by atoms with Crippen LogP contribution in [0.2, 0.25) is 0 Å². The maximum atomic E-state index is 13.9. The van der Waals surface area contributed by atoms with E-state index in [2.05, 4.69) is 4.98 Å². The highest BCUT2D eigenvalue weighted by Gasteiger charge is 2.22. The second-order valence-corrected chi connectivity index (χ2v) is 4.44. The molecule has 0 radical (unpaired) electrons. The van der Waals surface area contributed by atoms with Crippen molar-refractivity contribution in [2.24, 2.45) is 0 Å². The Kier molecular flexibility index (Phi) is 4.77. The van der Waals surface area contributed by atoms with E-state index < -0.39 is 23.5 Å². The number of hydrogen-bond acceptors (Lipinski definition) is 3. The molecule has 1 N–H and O–H groups in total. The van der Waals surface area contributed by atoms with Gasteiger partial charge in [0.1, 0.15) is 11.6 Å². The molecule has 0 fully saturated rings. The molecule has 1 aromatic carbocycles. The summed E-state index contributed by atoms with van der Waals surface area (Å²) in [6, 6.07) is 5.75.